The van der Waals surface area contributed by atoms with Crippen LogP contribution in [-0.2, 0) is 9.59 Å². The average molecular weight is 260 g/mol. The zero-order valence-corrected chi connectivity index (χ0v) is 11.7. The van der Waals surface area contributed by atoms with E-state index >= 15 is 0 Å². The summed E-state index contributed by atoms with van der Waals surface area (Å²) in [6, 6.07) is 7.89. The standard InChI is InChI=1S/C15H20N2O2/c1-11(2)15(19)16-8-9-17(14(18)10-16)13-6-4-12(3)5-7-13/h4-7,11H,8-10H2,1-3H3. The second kappa shape index (κ2) is 5.43. The third kappa shape index (κ3) is 2.95. The van der Waals surface area contributed by atoms with Gasteiger partial charge in [-0.25, -0.2) is 0 Å². The predicted molar refractivity (Wildman–Crippen MR) is 75.0 cm³/mol. The highest BCUT2D eigenvalue weighted by Crippen LogP contribution is 2.18. The lowest BCUT2D eigenvalue weighted by Crippen LogP contribution is -2.53. The van der Waals surface area contributed by atoms with Gasteiger partial charge in [-0.1, -0.05) is 31.5 Å². The fourth-order valence-electron chi connectivity index (χ4n) is 2.22. The van der Waals surface area contributed by atoms with E-state index in [2.05, 4.69) is 0 Å². The number of carbonyl (C=O) groups is 2. The fourth-order valence-corrected chi connectivity index (χ4v) is 2.22. The van der Waals surface area contributed by atoms with Crippen LogP contribution in [0.3, 0.4) is 0 Å². The molecule has 4 nitrogen and oxygen atoms in total. The number of carbonyl (C=O) groups excluding carboxylic acids is 2. The van der Waals surface area contributed by atoms with Gasteiger partial charge in [0, 0.05) is 24.7 Å². The van der Waals surface area contributed by atoms with Crippen molar-refractivity contribution in [3.8, 4) is 0 Å². The molecule has 0 saturated carbocycles. The van der Waals surface area contributed by atoms with Gasteiger partial charge >= 0.3 is 0 Å². The lowest BCUT2D eigenvalue weighted by atomic mass is 10.1. The van der Waals surface area contributed by atoms with Crippen LogP contribution in [0.25, 0.3) is 0 Å². The van der Waals surface area contributed by atoms with Crippen molar-refractivity contribution in [1.82, 2.24) is 4.90 Å². The van der Waals surface area contributed by atoms with Crippen molar-refractivity contribution in [1.29, 1.82) is 0 Å². The van der Waals surface area contributed by atoms with Gasteiger partial charge in [-0.15, -0.1) is 0 Å². The summed E-state index contributed by atoms with van der Waals surface area (Å²) in [7, 11) is 0. The number of nitrogens with zero attached hydrogens (tertiary/aromatic N) is 2. The van der Waals surface area contributed by atoms with E-state index in [1.165, 1.54) is 5.56 Å². The smallest absolute Gasteiger partial charge is 0.246 e. The summed E-state index contributed by atoms with van der Waals surface area (Å²) in [5.41, 5.74) is 2.08. The molecule has 0 radical (unpaired) electrons. The average Bonchev–Trinajstić information content (AvgIpc) is 2.39. The number of hydrogen-bond acceptors (Lipinski definition) is 2. The van der Waals surface area contributed by atoms with Gasteiger partial charge in [0.15, 0.2) is 0 Å². The van der Waals surface area contributed by atoms with Crippen molar-refractivity contribution in [2.75, 3.05) is 24.5 Å². The van der Waals surface area contributed by atoms with Gasteiger partial charge in [0.25, 0.3) is 0 Å². The number of amides is 2. The van der Waals surface area contributed by atoms with Crippen LogP contribution in [0.2, 0.25) is 0 Å². The summed E-state index contributed by atoms with van der Waals surface area (Å²) in [6.45, 7) is 7.10. The minimum absolute atomic E-state index is 0.0101. The molecule has 4 heteroatoms. The Labute approximate surface area is 114 Å². The lowest BCUT2D eigenvalue weighted by Gasteiger charge is -2.35. The summed E-state index contributed by atoms with van der Waals surface area (Å²) >= 11 is 0. The minimum Gasteiger partial charge on any atom is -0.331 e. The van der Waals surface area contributed by atoms with Gasteiger partial charge < -0.3 is 9.80 Å². The van der Waals surface area contributed by atoms with E-state index in [4.69, 9.17) is 0 Å². The lowest BCUT2D eigenvalue weighted by molar-refractivity contribution is -0.139. The molecular weight excluding hydrogens is 240 g/mol. The Kier molecular flexibility index (Phi) is 3.88. The van der Waals surface area contributed by atoms with E-state index in [1.807, 2.05) is 45.0 Å². The molecule has 19 heavy (non-hydrogen) atoms. The highest BCUT2D eigenvalue weighted by molar-refractivity contribution is 5.98. The van der Waals surface area contributed by atoms with Gasteiger partial charge in [-0.2, -0.15) is 0 Å². The topological polar surface area (TPSA) is 40.6 Å². The first-order valence-corrected chi connectivity index (χ1v) is 6.65. The molecule has 1 fully saturated rings. The van der Waals surface area contributed by atoms with Gasteiger partial charge in [-0.05, 0) is 19.1 Å². The number of aryl methyl sites for hydroxylation is 1. The van der Waals surface area contributed by atoms with E-state index in [1.54, 1.807) is 9.80 Å². The maximum atomic E-state index is 12.1. The third-order valence-corrected chi connectivity index (χ3v) is 3.37. The molecule has 0 N–H and O–H groups in total. The van der Waals surface area contributed by atoms with Crippen LogP contribution in [0, 0.1) is 12.8 Å². The molecule has 1 aliphatic heterocycles. The first-order valence-electron chi connectivity index (χ1n) is 6.65. The molecule has 0 aromatic heterocycles. The molecule has 0 unspecified atom stereocenters. The van der Waals surface area contributed by atoms with E-state index in [-0.39, 0.29) is 24.3 Å². The van der Waals surface area contributed by atoms with Crippen molar-refractivity contribution >= 4 is 17.5 Å². The number of hydrogen-bond donors (Lipinski definition) is 0. The maximum Gasteiger partial charge on any atom is 0.246 e. The van der Waals surface area contributed by atoms with Crippen molar-refractivity contribution in [3.63, 3.8) is 0 Å². The quantitative estimate of drug-likeness (QED) is 0.814. The largest absolute Gasteiger partial charge is 0.331 e. The van der Waals surface area contributed by atoms with Crippen LogP contribution in [-0.4, -0.2) is 36.3 Å². The summed E-state index contributed by atoms with van der Waals surface area (Å²) in [6.07, 6.45) is 0. The molecule has 1 aromatic rings. The number of rotatable bonds is 2. The van der Waals surface area contributed by atoms with Gasteiger partial charge in [0.2, 0.25) is 11.8 Å². The monoisotopic (exact) mass is 260 g/mol. The van der Waals surface area contributed by atoms with Crippen LogP contribution in [0.4, 0.5) is 5.69 Å². The Morgan fingerprint density at radius 2 is 1.79 bits per heavy atom. The van der Waals surface area contributed by atoms with Crippen LogP contribution < -0.4 is 4.90 Å². The van der Waals surface area contributed by atoms with Crippen LogP contribution >= 0.6 is 0 Å². The Bertz CT molecular complexity index is 479. The SMILES string of the molecule is Cc1ccc(N2CCN(C(=O)C(C)C)CC2=O)cc1. The summed E-state index contributed by atoms with van der Waals surface area (Å²) in [5, 5.41) is 0. The molecule has 0 atom stereocenters. The van der Waals surface area contributed by atoms with Crippen molar-refractivity contribution < 1.29 is 9.59 Å². The second-order valence-corrected chi connectivity index (χ2v) is 5.30. The Hall–Kier alpha value is -1.84. The molecule has 1 aromatic carbocycles. The van der Waals surface area contributed by atoms with Crippen LogP contribution in [0.5, 0.6) is 0 Å². The van der Waals surface area contributed by atoms with E-state index < -0.39 is 0 Å². The molecule has 1 aliphatic rings. The number of anilines is 1. The Morgan fingerprint density at radius 1 is 1.16 bits per heavy atom. The van der Waals surface area contributed by atoms with E-state index in [0.717, 1.165) is 5.69 Å². The van der Waals surface area contributed by atoms with Crippen molar-refractivity contribution in [2.24, 2.45) is 5.92 Å². The molecule has 0 aliphatic carbocycles. The van der Waals surface area contributed by atoms with Gasteiger partial charge in [0.05, 0.1) is 0 Å². The number of benzene rings is 1. The van der Waals surface area contributed by atoms with Crippen molar-refractivity contribution in [2.45, 2.75) is 20.8 Å². The van der Waals surface area contributed by atoms with Gasteiger partial charge in [0.1, 0.15) is 6.54 Å². The molecule has 2 rings (SSSR count). The molecule has 2 amide bonds. The summed E-state index contributed by atoms with van der Waals surface area (Å²) in [4.78, 5) is 27.4. The number of piperazine rings is 1. The second-order valence-electron chi connectivity index (χ2n) is 5.30. The Morgan fingerprint density at radius 3 is 2.32 bits per heavy atom. The van der Waals surface area contributed by atoms with E-state index in [0.29, 0.717) is 13.1 Å². The maximum absolute atomic E-state index is 12.1. The normalized spacial score (nSPS) is 16.1. The first-order chi connectivity index (χ1) is 8.99. The highest BCUT2D eigenvalue weighted by atomic mass is 16.2. The molecule has 0 spiro atoms. The van der Waals surface area contributed by atoms with Crippen LogP contribution in [0.1, 0.15) is 19.4 Å². The Balaban J connectivity index is 2.07. The minimum atomic E-state index is -0.0567. The van der Waals surface area contributed by atoms with Crippen molar-refractivity contribution in [3.05, 3.63) is 29.8 Å². The molecular formula is C15H20N2O2. The third-order valence-electron chi connectivity index (χ3n) is 3.37. The van der Waals surface area contributed by atoms with E-state index in [9.17, 15) is 9.59 Å². The van der Waals surface area contributed by atoms with Crippen LogP contribution in [0.15, 0.2) is 24.3 Å². The first kappa shape index (κ1) is 13.6. The van der Waals surface area contributed by atoms with Gasteiger partial charge in [-0.3, -0.25) is 9.59 Å². The molecule has 102 valence electrons. The predicted octanol–water partition coefficient (Wildman–Crippen LogP) is 1.83. The molecule has 1 saturated heterocycles. The highest BCUT2D eigenvalue weighted by Gasteiger charge is 2.28. The zero-order valence-electron chi connectivity index (χ0n) is 11.7. The zero-order chi connectivity index (χ0) is 14.0. The molecule has 1 heterocycles. The molecule has 0 bridgehead atoms. The fraction of sp³-hybridized carbons (Fsp3) is 0.467. The summed E-state index contributed by atoms with van der Waals surface area (Å²) < 4.78 is 0. The summed E-state index contributed by atoms with van der Waals surface area (Å²) in [5.74, 6) is -0.0141.